The summed E-state index contributed by atoms with van der Waals surface area (Å²) >= 11 is 0. The van der Waals surface area contributed by atoms with E-state index in [9.17, 15) is 9.59 Å². The van der Waals surface area contributed by atoms with Crippen molar-refractivity contribution in [3.05, 3.63) is 58.7 Å². The number of nitrogens with one attached hydrogen (secondary N) is 1. The molecule has 5 nitrogen and oxygen atoms in total. The van der Waals surface area contributed by atoms with Gasteiger partial charge in [0.1, 0.15) is 5.75 Å². The van der Waals surface area contributed by atoms with Gasteiger partial charge in [0.2, 0.25) is 0 Å². The maximum absolute atomic E-state index is 13.0. The minimum Gasteiger partial charge on any atom is -0.493 e. The number of carbonyl (C=O) groups excluding carboxylic acids is 2. The Morgan fingerprint density at radius 2 is 1.97 bits per heavy atom. The molecule has 6 heteroatoms. The number of hydrogen-bond acceptors (Lipinski definition) is 4. The van der Waals surface area contributed by atoms with Crippen LogP contribution < -0.4 is 10.1 Å². The van der Waals surface area contributed by atoms with Crippen LogP contribution in [0, 0.1) is 5.92 Å². The number of amides is 1. The van der Waals surface area contributed by atoms with Crippen molar-refractivity contribution in [1.29, 1.82) is 0 Å². The predicted molar refractivity (Wildman–Crippen MR) is 130 cm³/mol. The van der Waals surface area contributed by atoms with Gasteiger partial charge in [0, 0.05) is 29.8 Å². The van der Waals surface area contributed by atoms with E-state index in [1.165, 1.54) is 30.5 Å². The van der Waals surface area contributed by atoms with Crippen LogP contribution in [0.25, 0.3) is 0 Å². The van der Waals surface area contributed by atoms with Gasteiger partial charge in [0.05, 0.1) is 12.2 Å². The van der Waals surface area contributed by atoms with E-state index in [-0.39, 0.29) is 30.0 Å². The Morgan fingerprint density at radius 1 is 1.16 bits per heavy atom. The van der Waals surface area contributed by atoms with Crippen molar-refractivity contribution < 1.29 is 14.3 Å². The number of Topliss-reactive ketones (excluding diaryl/α,β-unsaturated/α-hetero) is 1. The first-order chi connectivity index (χ1) is 15.0. The number of benzene rings is 2. The van der Waals surface area contributed by atoms with Crippen LogP contribution in [0.4, 0.5) is 5.69 Å². The van der Waals surface area contributed by atoms with E-state index in [1.807, 2.05) is 26.8 Å². The average molecular weight is 457 g/mol. The first-order valence-corrected chi connectivity index (χ1v) is 11.5. The molecule has 1 unspecified atom stereocenters. The second kappa shape index (κ2) is 10.5. The fourth-order valence-corrected chi connectivity index (χ4v) is 4.64. The average Bonchev–Trinajstić information content (AvgIpc) is 3.26. The smallest absolute Gasteiger partial charge is 0.255 e. The van der Waals surface area contributed by atoms with Gasteiger partial charge in [-0.3, -0.25) is 14.5 Å². The molecule has 0 aromatic heterocycles. The van der Waals surface area contributed by atoms with Crippen molar-refractivity contribution in [2.45, 2.75) is 52.5 Å². The predicted octanol–water partition coefficient (Wildman–Crippen LogP) is 5.68. The number of rotatable bonds is 7. The van der Waals surface area contributed by atoms with E-state index in [2.05, 4.69) is 22.3 Å². The molecule has 32 heavy (non-hydrogen) atoms. The molecule has 0 bridgehead atoms. The fourth-order valence-electron chi connectivity index (χ4n) is 4.64. The van der Waals surface area contributed by atoms with Crippen LogP contribution in [0.5, 0.6) is 5.75 Å². The molecule has 1 fully saturated rings. The van der Waals surface area contributed by atoms with Crippen LogP contribution >= 0.6 is 12.4 Å². The van der Waals surface area contributed by atoms with Gasteiger partial charge in [0.25, 0.3) is 5.91 Å². The number of fused-ring (bicyclic) bond motifs is 3. The molecular formula is C26H33ClN2O3. The molecule has 0 radical (unpaired) electrons. The molecule has 1 atom stereocenters. The Hall–Kier alpha value is -2.37. The lowest BCUT2D eigenvalue weighted by Crippen LogP contribution is -2.31. The zero-order valence-corrected chi connectivity index (χ0v) is 20.0. The van der Waals surface area contributed by atoms with Crippen molar-refractivity contribution in [2.24, 2.45) is 5.92 Å². The number of halogens is 1. The number of nitrogens with zero attached hydrogens (tertiary/aromatic N) is 1. The molecule has 0 saturated carbocycles. The van der Waals surface area contributed by atoms with E-state index in [4.69, 9.17) is 4.74 Å². The highest BCUT2D eigenvalue weighted by Gasteiger charge is 2.31. The first-order valence-electron chi connectivity index (χ1n) is 11.5. The van der Waals surface area contributed by atoms with Crippen molar-refractivity contribution in [3.8, 4) is 5.75 Å². The Kier molecular flexibility index (Phi) is 7.96. The minimum absolute atomic E-state index is 0. The molecule has 0 spiro atoms. The molecule has 2 aromatic carbocycles. The minimum atomic E-state index is -0.209. The van der Waals surface area contributed by atoms with Gasteiger partial charge < -0.3 is 10.1 Å². The Labute approximate surface area is 196 Å². The van der Waals surface area contributed by atoms with Crippen LogP contribution in [0.2, 0.25) is 0 Å². The number of anilines is 1. The molecule has 4 rings (SSSR count). The molecule has 0 aliphatic carbocycles. The lowest BCUT2D eigenvalue weighted by atomic mass is 9.92. The normalized spacial score (nSPS) is 17.3. The monoisotopic (exact) mass is 456 g/mol. The van der Waals surface area contributed by atoms with Crippen LogP contribution in [-0.4, -0.2) is 36.3 Å². The summed E-state index contributed by atoms with van der Waals surface area (Å²) in [6, 6.07) is 11.9. The summed E-state index contributed by atoms with van der Waals surface area (Å²) in [5.41, 5.74) is 4.49. The highest BCUT2D eigenvalue weighted by Crippen LogP contribution is 2.38. The van der Waals surface area contributed by atoms with Crippen LogP contribution in [0.3, 0.4) is 0 Å². The number of hydrogen-bond donors (Lipinski definition) is 1. The van der Waals surface area contributed by atoms with E-state index in [0.29, 0.717) is 29.5 Å². The van der Waals surface area contributed by atoms with E-state index in [0.717, 1.165) is 25.1 Å². The van der Waals surface area contributed by atoms with Crippen molar-refractivity contribution in [1.82, 2.24) is 4.90 Å². The Bertz CT molecular complexity index is 989. The second-order valence-corrected chi connectivity index (χ2v) is 8.89. The van der Waals surface area contributed by atoms with E-state index >= 15 is 0 Å². The van der Waals surface area contributed by atoms with Gasteiger partial charge >= 0.3 is 0 Å². The third kappa shape index (κ3) is 5.00. The topological polar surface area (TPSA) is 58.6 Å². The highest BCUT2D eigenvalue weighted by atomic mass is 35.5. The van der Waals surface area contributed by atoms with Crippen molar-refractivity contribution in [3.63, 3.8) is 0 Å². The maximum atomic E-state index is 13.0. The zero-order valence-electron chi connectivity index (χ0n) is 19.1. The molecule has 2 aliphatic rings. The second-order valence-electron chi connectivity index (χ2n) is 8.89. The zero-order chi connectivity index (χ0) is 22.0. The number of carbonyl (C=O) groups is 2. The molecule has 1 N–H and O–H groups in total. The Balaban J connectivity index is 0.00000289. The highest BCUT2D eigenvalue weighted by molar-refractivity contribution is 6.07. The summed E-state index contributed by atoms with van der Waals surface area (Å²) in [6.45, 7) is 8.57. The molecule has 2 aliphatic heterocycles. The largest absolute Gasteiger partial charge is 0.493 e. The van der Waals surface area contributed by atoms with E-state index in [1.54, 1.807) is 18.2 Å². The quantitative estimate of drug-likeness (QED) is 0.544. The maximum Gasteiger partial charge on any atom is 0.255 e. The van der Waals surface area contributed by atoms with Gasteiger partial charge in [-0.05, 0) is 73.7 Å². The summed E-state index contributed by atoms with van der Waals surface area (Å²) in [5.74, 6) is 0.152. The standard InChI is InChI=1S/C26H32N2O3.ClH/c1-4-14-31-24-10-8-19(15-22(24)25(29)17(2)3)26(30)27-20-9-7-18-11-13-28-12-5-6-23(28)21(18)16-20;/h7-10,15-17,23H,4-6,11-14H2,1-3H3,(H,27,30);1H. The van der Waals surface area contributed by atoms with Crippen LogP contribution in [0.1, 0.15) is 77.9 Å². The fraction of sp³-hybridized carbons (Fsp3) is 0.462. The van der Waals surface area contributed by atoms with Crippen LogP contribution in [0.15, 0.2) is 36.4 Å². The summed E-state index contributed by atoms with van der Waals surface area (Å²) in [6.07, 6.45) is 4.35. The van der Waals surface area contributed by atoms with Gasteiger partial charge in [0.15, 0.2) is 5.78 Å². The Morgan fingerprint density at radius 3 is 2.72 bits per heavy atom. The molecule has 2 heterocycles. The molecule has 172 valence electrons. The third-order valence-electron chi connectivity index (χ3n) is 6.29. The molecular weight excluding hydrogens is 424 g/mol. The van der Waals surface area contributed by atoms with Gasteiger partial charge in [-0.15, -0.1) is 12.4 Å². The molecule has 1 saturated heterocycles. The summed E-state index contributed by atoms with van der Waals surface area (Å²) < 4.78 is 5.76. The third-order valence-corrected chi connectivity index (χ3v) is 6.29. The summed E-state index contributed by atoms with van der Waals surface area (Å²) in [7, 11) is 0. The summed E-state index contributed by atoms with van der Waals surface area (Å²) in [5, 5.41) is 3.04. The van der Waals surface area contributed by atoms with Crippen LogP contribution in [-0.2, 0) is 6.42 Å². The molecule has 2 aromatic rings. The SMILES string of the molecule is CCCOc1ccc(C(=O)Nc2ccc3c(c2)C2CCCN2CC3)cc1C(=O)C(C)C.Cl. The van der Waals surface area contributed by atoms with Gasteiger partial charge in [-0.1, -0.05) is 26.8 Å². The number of ether oxygens (including phenoxy) is 1. The first kappa shape index (κ1) is 24.3. The van der Waals surface area contributed by atoms with Crippen molar-refractivity contribution in [2.75, 3.05) is 25.0 Å². The number of ketones is 1. The lowest BCUT2D eigenvalue weighted by Gasteiger charge is -2.32. The lowest BCUT2D eigenvalue weighted by molar-refractivity contribution is 0.0935. The van der Waals surface area contributed by atoms with E-state index < -0.39 is 0 Å². The molecule has 1 amide bonds. The summed E-state index contributed by atoms with van der Waals surface area (Å²) in [4.78, 5) is 28.3. The van der Waals surface area contributed by atoms with Crippen molar-refractivity contribution >= 4 is 29.8 Å². The van der Waals surface area contributed by atoms with Gasteiger partial charge in [-0.25, -0.2) is 0 Å². The van der Waals surface area contributed by atoms with Gasteiger partial charge in [-0.2, -0.15) is 0 Å².